The van der Waals surface area contributed by atoms with E-state index in [1.807, 2.05) is 12.1 Å². The third-order valence-electron chi connectivity index (χ3n) is 7.55. The molecule has 3 fully saturated rings. The van der Waals surface area contributed by atoms with Gasteiger partial charge in [-0.2, -0.15) is 0 Å². The van der Waals surface area contributed by atoms with Gasteiger partial charge in [-0.15, -0.1) is 0 Å². The summed E-state index contributed by atoms with van der Waals surface area (Å²) >= 11 is 0. The van der Waals surface area contributed by atoms with E-state index < -0.39 is 5.97 Å². The Balaban J connectivity index is 1.26. The summed E-state index contributed by atoms with van der Waals surface area (Å²) in [7, 11) is 0. The molecule has 4 aliphatic carbocycles. The van der Waals surface area contributed by atoms with Gasteiger partial charge in [0, 0.05) is 0 Å². The van der Waals surface area contributed by atoms with Gasteiger partial charge in [-0.05, 0) is 72.4 Å². The fourth-order valence-corrected chi connectivity index (χ4v) is 5.94. The van der Waals surface area contributed by atoms with Crippen LogP contribution >= 0.6 is 0 Å². The van der Waals surface area contributed by atoms with Gasteiger partial charge in [0.2, 0.25) is 11.8 Å². The molecular weight excluding hydrogens is 390 g/mol. The van der Waals surface area contributed by atoms with Gasteiger partial charge < -0.3 is 4.74 Å². The zero-order chi connectivity index (χ0) is 21.3. The molecule has 31 heavy (non-hydrogen) atoms. The minimum atomic E-state index is -0.509. The van der Waals surface area contributed by atoms with Gasteiger partial charge in [-0.3, -0.25) is 9.59 Å². The van der Waals surface area contributed by atoms with Crippen molar-refractivity contribution >= 4 is 23.5 Å². The van der Waals surface area contributed by atoms with E-state index in [2.05, 4.69) is 19.1 Å². The average molecular weight is 413 g/mol. The lowest BCUT2D eigenvalue weighted by Crippen LogP contribution is -2.40. The molecule has 5 aliphatic rings. The minimum Gasteiger partial charge on any atom is -0.423 e. The Labute approximate surface area is 180 Å². The molecule has 2 aromatic rings. The van der Waals surface area contributed by atoms with Crippen molar-refractivity contribution in [3.8, 4) is 5.75 Å². The molecule has 0 aromatic heterocycles. The SMILES string of the molecule is CCc1ccc(OC(=O)c2cccc(N3C(=O)[C@@H]4[C@H]5C=C[C@H]([C@H]6C[C@H]56)[C@@H]4C3=O)c2)cc1. The van der Waals surface area contributed by atoms with Crippen molar-refractivity contribution in [3.05, 3.63) is 71.8 Å². The smallest absolute Gasteiger partial charge is 0.343 e. The molecule has 5 nitrogen and oxygen atoms in total. The number of ether oxygens (including phenoxy) is 1. The van der Waals surface area contributed by atoms with Crippen LogP contribution in [0.1, 0.15) is 29.3 Å². The summed E-state index contributed by atoms with van der Waals surface area (Å²) in [6.07, 6.45) is 6.36. The summed E-state index contributed by atoms with van der Waals surface area (Å²) in [5, 5.41) is 0. The van der Waals surface area contributed by atoms with Crippen LogP contribution in [0, 0.1) is 35.5 Å². The summed E-state index contributed by atoms with van der Waals surface area (Å²) in [4.78, 5) is 40.6. The Hall–Kier alpha value is -3.21. The Morgan fingerprint density at radius 2 is 1.61 bits per heavy atom. The van der Waals surface area contributed by atoms with Crippen molar-refractivity contribution in [3.63, 3.8) is 0 Å². The lowest BCUT2D eigenvalue weighted by atomic mass is 9.63. The molecule has 5 heteroatoms. The number of esters is 1. The highest BCUT2D eigenvalue weighted by molar-refractivity contribution is 6.23. The highest BCUT2D eigenvalue weighted by atomic mass is 16.5. The van der Waals surface area contributed by atoms with E-state index in [0.717, 1.165) is 18.4 Å². The number of anilines is 1. The lowest BCUT2D eigenvalue weighted by Gasteiger charge is -2.37. The van der Waals surface area contributed by atoms with Gasteiger partial charge >= 0.3 is 5.97 Å². The second-order valence-corrected chi connectivity index (χ2v) is 9.10. The number of carbonyl (C=O) groups excluding carboxylic acids is 3. The quantitative estimate of drug-likeness (QED) is 0.329. The Bertz CT molecular complexity index is 1100. The summed E-state index contributed by atoms with van der Waals surface area (Å²) in [6.45, 7) is 2.06. The van der Waals surface area contributed by atoms with Crippen molar-refractivity contribution in [1.29, 1.82) is 0 Å². The van der Waals surface area contributed by atoms with Gasteiger partial charge in [0.15, 0.2) is 0 Å². The summed E-state index contributed by atoms with van der Waals surface area (Å²) in [5.41, 5.74) is 1.93. The van der Waals surface area contributed by atoms with E-state index in [0.29, 0.717) is 28.8 Å². The molecule has 0 N–H and O–H groups in total. The Kier molecular flexibility index (Phi) is 3.98. The number of carbonyl (C=O) groups is 3. The zero-order valence-electron chi connectivity index (χ0n) is 17.2. The maximum Gasteiger partial charge on any atom is 0.343 e. The molecule has 0 radical (unpaired) electrons. The molecule has 0 unspecified atom stereocenters. The largest absolute Gasteiger partial charge is 0.423 e. The second kappa shape index (κ2) is 6.64. The third-order valence-corrected chi connectivity index (χ3v) is 7.55. The first kappa shape index (κ1) is 18.6. The van der Waals surface area contributed by atoms with Crippen LogP contribution in [0.2, 0.25) is 0 Å². The van der Waals surface area contributed by atoms with Crippen LogP contribution < -0.4 is 9.64 Å². The number of nitrogens with zero attached hydrogens (tertiary/aromatic N) is 1. The first-order chi connectivity index (χ1) is 15.1. The molecule has 0 spiro atoms. The number of amides is 2. The maximum absolute atomic E-state index is 13.3. The molecule has 7 rings (SSSR count). The highest BCUT2D eigenvalue weighted by Gasteiger charge is 2.67. The van der Waals surface area contributed by atoms with Crippen molar-refractivity contribution in [2.45, 2.75) is 19.8 Å². The maximum atomic E-state index is 13.3. The summed E-state index contributed by atoms with van der Waals surface area (Å²) in [5.74, 6) is 0.695. The van der Waals surface area contributed by atoms with Crippen LogP contribution in [-0.4, -0.2) is 17.8 Å². The van der Waals surface area contributed by atoms with E-state index in [9.17, 15) is 14.4 Å². The normalized spacial score (nSPS) is 32.1. The Morgan fingerprint density at radius 3 is 2.23 bits per heavy atom. The number of hydrogen-bond donors (Lipinski definition) is 0. The molecule has 2 amide bonds. The molecule has 2 aromatic carbocycles. The fraction of sp³-hybridized carbons (Fsp3) is 0.346. The fourth-order valence-electron chi connectivity index (χ4n) is 5.94. The predicted octanol–water partition coefficient (Wildman–Crippen LogP) is 4.03. The minimum absolute atomic E-state index is 0.125. The van der Waals surface area contributed by atoms with Crippen LogP contribution in [0.5, 0.6) is 5.75 Å². The number of allylic oxidation sites excluding steroid dienone is 2. The van der Waals surface area contributed by atoms with Crippen LogP contribution in [0.15, 0.2) is 60.7 Å². The number of hydrogen-bond acceptors (Lipinski definition) is 4. The lowest BCUT2D eigenvalue weighted by molar-refractivity contribution is -0.124. The topological polar surface area (TPSA) is 63.7 Å². The van der Waals surface area contributed by atoms with Gasteiger partial charge in [0.05, 0.1) is 23.1 Å². The summed E-state index contributed by atoms with van der Waals surface area (Å²) < 4.78 is 5.49. The number of benzene rings is 2. The molecule has 1 heterocycles. The molecule has 156 valence electrons. The average Bonchev–Trinajstić information content (AvgIpc) is 3.57. The molecule has 1 aliphatic heterocycles. The van der Waals surface area contributed by atoms with E-state index in [1.54, 1.807) is 36.4 Å². The third kappa shape index (κ3) is 2.72. The monoisotopic (exact) mass is 413 g/mol. The number of rotatable bonds is 4. The van der Waals surface area contributed by atoms with Crippen molar-refractivity contribution in [2.24, 2.45) is 35.5 Å². The van der Waals surface area contributed by atoms with Gasteiger partial charge in [-0.1, -0.05) is 37.3 Å². The second-order valence-electron chi connectivity index (χ2n) is 9.10. The zero-order valence-corrected chi connectivity index (χ0v) is 17.2. The molecular formula is C26H23NO4. The van der Waals surface area contributed by atoms with Gasteiger partial charge in [-0.25, -0.2) is 9.69 Å². The van der Waals surface area contributed by atoms with Crippen LogP contribution in [0.4, 0.5) is 5.69 Å². The van der Waals surface area contributed by atoms with Gasteiger partial charge in [0.25, 0.3) is 0 Å². The first-order valence-corrected chi connectivity index (χ1v) is 11.0. The van der Waals surface area contributed by atoms with Crippen molar-refractivity contribution in [1.82, 2.24) is 0 Å². The molecule has 2 bridgehead atoms. The van der Waals surface area contributed by atoms with E-state index >= 15 is 0 Å². The molecule has 2 saturated carbocycles. The molecule has 1 saturated heterocycles. The van der Waals surface area contributed by atoms with E-state index in [-0.39, 0.29) is 35.5 Å². The summed E-state index contributed by atoms with van der Waals surface area (Å²) in [6, 6.07) is 14.0. The highest BCUT2D eigenvalue weighted by Crippen LogP contribution is 2.65. The van der Waals surface area contributed by atoms with E-state index in [1.165, 1.54) is 4.90 Å². The number of imide groups is 1. The van der Waals surface area contributed by atoms with Gasteiger partial charge in [0.1, 0.15) is 5.75 Å². The number of aryl methyl sites for hydroxylation is 1. The van der Waals surface area contributed by atoms with Crippen LogP contribution in [0.25, 0.3) is 0 Å². The standard InChI is InChI=1S/C26H23NO4/c1-2-14-6-8-17(9-7-14)31-26(30)15-4-3-5-16(12-15)27-24(28)22-18-10-11-19(21-13-20(18)21)23(22)25(27)29/h3-12,18-23H,2,13H2,1H3/t18-,19+,20-,21-,22+,23-/m1/s1. The van der Waals surface area contributed by atoms with Crippen LogP contribution in [-0.2, 0) is 16.0 Å². The van der Waals surface area contributed by atoms with Crippen molar-refractivity contribution in [2.75, 3.05) is 4.90 Å². The van der Waals surface area contributed by atoms with Crippen LogP contribution in [0.3, 0.4) is 0 Å². The van der Waals surface area contributed by atoms with Crippen molar-refractivity contribution < 1.29 is 19.1 Å². The van der Waals surface area contributed by atoms with E-state index in [4.69, 9.17) is 4.74 Å². The first-order valence-electron chi connectivity index (χ1n) is 11.0. The Morgan fingerprint density at radius 1 is 0.968 bits per heavy atom. The predicted molar refractivity (Wildman–Crippen MR) is 114 cm³/mol. The molecule has 6 atom stereocenters.